The summed E-state index contributed by atoms with van der Waals surface area (Å²) < 4.78 is 47.0. The third-order valence-corrected chi connectivity index (χ3v) is 13.8. The molecule has 5 heterocycles. The summed E-state index contributed by atoms with van der Waals surface area (Å²) in [6, 6.07) is 30.1. The Morgan fingerprint density at radius 1 is 0.906 bits per heavy atom. The summed E-state index contributed by atoms with van der Waals surface area (Å²) in [4.78, 5) is 39.9. The minimum atomic E-state index is -4.60. The van der Waals surface area contributed by atoms with Crippen LogP contribution in [0, 0.1) is 10.1 Å². The molecule has 3 N–H and O–H groups in total. The molecule has 64 heavy (non-hydrogen) atoms. The molecular weight excluding hydrogens is 837 g/mol. The van der Waals surface area contributed by atoms with Crippen molar-refractivity contribution in [1.29, 1.82) is 0 Å². The van der Waals surface area contributed by atoms with Crippen molar-refractivity contribution in [3.05, 3.63) is 130 Å². The van der Waals surface area contributed by atoms with E-state index < -0.39 is 31.4 Å². The molecule has 2 aromatic heterocycles. The molecule has 2 saturated heterocycles. The summed E-state index contributed by atoms with van der Waals surface area (Å²) in [5, 5.41) is 16.0. The van der Waals surface area contributed by atoms with Crippen LogP contribution in [-0.4, -0.2) is 106 Å². The Bertz CT molecular complexity index is 2840. The largest absolute Gasteiger partial charge is 0.474 e. The monoisotopic (exact) mass is 884 g/mol. The molecule has 330 valence electrons. The molecular formula is C47H48N8O8S. The number of aromatic nitrogens is 2. The minimum absolute atomic E-state index is 0.0723. The molecule has 0 bridgehead atoms. The highest BCUT2D eigenvalue weighted by Crippen LogP contribution is 2.45. The number of hydrogen-bond donors (Lipinski definition) is 3. The highest BCUT2D eigenvalue weighted by molar-refractivity contribution is 7.90. The second-order valence-corrected chi connectivity index (χ2v) is 18.4. The molecule has 4 aliphatic rings. The predicted molar refractivity (Wildman–Crippen MR) is 243 cm³/mol. The van der Waals surface area contributed by atoms with E-state index in [-0.39, 0.29) is 36.5 Å². The molecule has 3 fully saturated rings. The van der Waals surface area contributed by atoms with Gasteiger partial charge in [-0.3, -0.25) is 14.9 Å². The molecule has 0 spiro atoms. The van der Waals surface area contributed by atoms with Crippen molar-refractivity contribution in [2.45, 2.75) is 35.8 Å². The van der Waals surface area contributed by atoms with Crippen molar-refractivity contribution >= 4 is 55.4 Å². The standard InChI is InChI=1S/C47H48N8O8S/c1-52-18-19-53(44(28-52)38-5-3-2-4-37(38)31-6-7-31)34-11-8-30(9-12-34)32-10-14-39(41(24-32)54-20-21-63-47-43(54)25-33-16-17-48-45(33)50-47)46(56)51-64(59,60)36-13-15-40(42(26-36)55(57)58)49-27-35-29-61-22-23-62-35/h2-5,8-17,24-26,31,35,44,49H,6-7,18-23,27-29H2,1H3,(H,48,50)(H,51,56)/t35-,44?/m0/s1. The van der Waals surface area contributed by atoms with Gasteiger partial charge in [0.15, 0.2) is 0 Å². The second kappa shape index (κ2) is 17.2. The number of carbonyl (C=O) groups is 1. The van der Waals surface area contributed by atoms with E-state index >= 15 is 0 Å². The lowest BCUT2D eigenvalue weighted by atomic mass is 9.93. The number of benzene rings is 4. The number of pyridine rings is 1. The number of anilines is 4. The van der Waals surface area contributed by atoms with E-state index in [0.717, 1.165) is 47.9 Å². The van der Waals surface area contributed by atoms with Crippen molar-refractivity contribution in [2.24, 2.45) is 0 Å². The first-order valence-corrected chi connectivity index (χ1v) is 23.0. The Hall–Kier alpha value is -6.53. The van der Waals surface area contributed by atoms with Crippen LogP contribution in [0.5, 0.6) is 5.88 Å². The van der Waals surface area contributed by atoms with Crippen LogP contribution in [0.1, 0.15) is 46.3 Å². The number of aromatic amines is 1. The molecule has 0 radical (unpaired) electrons. The van der Waals surface area contributed by atoms with Crippen LogP contribution in [0.3, 0.4) is 0 Å². The van der Waals surface area contributed by atoms with Crippen LogP contribution < -0.4 is 24.6 Å². The van der Waals surface area contributed by atoms with Gasteiger partial charge in [-0.05, 0) is 96.6 Å². The number of piperazine rings is 1. The van der Waals surface area contributed by atoms with E-state index in [2.05, 4.69) is 85.4 Å². The maximum atomic E-state index is 14.3. The first kappa shape index (κ1) is 41.5. The van der Waals surface area contributed by atoms with Crippen LogP contribution in [0.2, 0.25) is 0 Å². The van der Waals surface area contributed by atoms with E-state index in [0.29, 0.717) is 55.2 Å². The Kier molecular flexibility index (Phi) is 11.2. The summed E-state index contributed by atoms with van der Waals surface area (Å²) in [6.07, 6.45) is 3.93. The Morgan fingerprint density at radius 2 is 1.72 bits per heavy atom. The van der Waals surface area contributed by atoms with E-state index in [1.165, 1.54) is 36.1 Å². The summed E-state index contributed by atoms with van der Waals surface area (Å²) in [5.74, 6) is 0.0880. The molecule has 3 aliphatic heterocycles. The molecule has 1 aliphatic carbocycles. The lowest BCUT2D eigenvalue weighted by molar-refractivity contribution is -0.384. The fourth-order valence-electron chi connectivity index (χ4n) is 9.00. The second-order valence-electron chi connectivity index (χ2n) is 16.7. The van der Waals surface area contributed by atoms with Crippen molar-refractivity contribution in [2.75, 3.05) is 81.3 Å². The highest BCUT2D eigenvalue weighted by Gasteiger charge is 2.34. The maximum Gasteiger partial charge on any atom is 0.293 e. The van der Waals surface area contributed by atoms with Crippen LogP contribution in [0.15, 0.2) is 108 Å². The van der Waals surface area contributed by atoms with Gasteiger partial charge >= 0.3 is 0 Å². The van der Waals surface area contributed by atoms with Crippen LogP contribution in [-0.2, 0) is 19.5 Å². The van der Waals surface area contributed by atoms with E-state index in [1.807, 2.05) is 23.1 Å². The number of amides is 1. The third-order valence-electron chi connectivity index (χ3n) is 12.5. The molecule has 16 nitrogen and oxygen atoms in total. The van der Waals surface area contributed by atoms with Gasteiger partial charge in [-0.1, -0.05) is 42.5 Å². The molecule has 1 unspecified atom stereocenters. The highest BCUT2D eigenvalue weighted by atomic mass is 32.2. The number of rotatable bonds is 12. The first-order chi connectivity index (χ1) is 31.1. The zero-order valence-corrected chi connectivity index (χ0v) is 36.1. The van der Waals surface area contributed by atoms with E-state index in [1.54, 1.807) is 18.3 Å². The number of hydrogen-bond acceptors (Lipinski definition) is 13. The molecule has 1 saturated carbocycles. The summed E-state index contributed by atoms with van der Waals surface area (Å²) in [5.41, 5.74) is 7.08. The van der Waals surface area contributed by atoms with Crippen LogP contribution in [0.25, 0.3) is 22.2 Å². The molecule has 10 rings (SSSR count). The molecule has 4 aromatic carbocycles. The van der Waals surface area contributed by atoms with Gasteiger partial charge in [-0.25, -0.2) is 13.1 Å². The predicted octanol–water partition coefficient (Wildman–Crippen LogP) is 6.99. The number of nitro groups is 1. The molecule has 6 aromatic rings. The lowest BCUT2D eigenvalue weighted by Gasteiger charge is -2.42. The third kappa shape index (κ3) is 8.34. The average Bonchev–Trinajstić information content (AvgIpc) is 4.07. The average molecular weight is 885 g/mol. The number of likely N-dealkylation sites (N-methyl/N-ethyl adjacent to an activating group) is 1. The number of sulfonamides is 1. The lowest BCUT2D eigenvalue weighted by Crippen LogP contribution is -2.47. The normalized spacial score (nSPS) is 19.2. The van der Waals surface area contributed by atoms with Crippen LogP contribution in [0.4, 0.5) is 28.4 Å². The van der Waals surface area contributed by atoms with Gasteiger partial charge in [-0.2, -0.15) is 4.98 Å². The molecule has 1 amide bonds. The number of carbonyl (C=O) groups excluding carboxylic acids is 1. The number of fused-ring (bicyclic) bond motifs is 2. The quantitative estimate of drug-likeness (QED) is 0.0846. The number of H-pyrrole nitrogens is 1. The number of nitrogens with one attached hydrogen (secondary N) is 3. The van der Waals surface area contributed by atoms with Gasteiger partial charge in [-0.15, -0.1) is 0 Å². The minimum Gasteiger partial charge on any atom is -0.474 e. The number of ether oxygens (including phenoxy) is 3. The number of nitro benzene ring substituents is 1. The van der Waals surface area contributed by atoms with Crippen LogP contribution >= 0.6 is 0 Å². The van der Waals surface area contributed by atoms with Gasteiger partial charge in [0, 0.05) is 49.5 Å². The fraction of sp³-hybridized carbons (Fsp3) is 0.319. The maximum absolute atomic E-state index is 14.3. The SMILES string of the molecule is CN1CCN(c2ccc(-c3ccc(C(=O)NS(=O)(=O)c4ccc(NC[C@H]5COCCO5)c([N+](=O)[O-])c4)c(N4CCOc5nc6[nH]ccc6cc54)c3)cc2)C(c2ccccc2C2CC2)C1. The Morgan fingerprint density at radius 3 is 2.50 bits per heavy atom. The van der Waals surface area contributed by atoms with Gasteiger partial charge in [0.05, 0.1) is 59.6 Å². The van der Waals surface area contributed by atoms with Crippen molar-refractivity contribution < 1.29 is 32.3 Å². The summed E-state index contributed by atoms with van der Waals surface area (Å²) in [6.45, 7) is 4.76. The van der Waals surface area contributed by atoms with Crippen molar-refractivity contribution in [3.8, 4) is 17.0 Å². The van der Waals surface area contributed by atoms with E-state index in [4.69, 9.17) is 14.2 Å². The molecule has 17 heteroatoms. The summed E-state index contributed by atoms with van der Waals surface area (Å²) >= 11 is 0. The van der Waals surface area contributed by atoms with Crippen molar-refractivity contribution in [1.82, 2.24) is 19.6 Å². The Labute approximate surface area is 370 Å². The van der Waals surface area contributed by atoms with Crippen molar-refractivity contribution in [3.63, 3.8) is 0 Å². The zero-order chi connectivity index (χ0) is 44.0. The Balaban J connectivity index is 0.967. The molecule has 2 atom stereocenters. The van der Waals surface area contributed by atoms with Gasteiger partial charge < -0.3 is 39.2 Å². The first-order valence-electron chi connectivity index (χ1n) is 21.6. The fourth-order valence-corrected chi connectivity index (χ4v) is 9.98. The van der Waals surface area contributed by atoms with Gasteiger partial charge in [0.1, 0.15) is 23.6 Å². The van der Waals surface area contributed by atoms with Gasteiger partial charge in [0.25, 0.3) is 21.6 Å². The van der Waals surface area contributed by atoms with Gasteiger partial charge in [0.2, 0.25) is 5.88 Å². The smallest absolute Gasteiger partial charge is 0.293 e. The zero-order valence-electron chi connectivity index (χ0n) is 35.2. The summed E-state index contributed by atoms with van der Waals surface area (Å²) in [7, 11) is -2.42. The number of nitrogens with zero attached hydrogens (tertiary/aromatic N) is 5. The topological polar surface area (TPSA) is 185 Å². The van der Waals surface area contributed by atoms with E-state index in [9.17, 15) is 23.3 Å².